The van der Waals surface area contributed by atoms with Crippen LogP contribution in [0.3, 0.4) is 0 Å². The van der Waals surface area contributed by atoms with Crippen LogP contribution in [-0.4, -0.2) is 29.5 Å². The molecule has 0 atom stereocenters. The van der Waals surface area contributed by atoms with Crippen LogP contribution in [0.4, 0.5) is 25.2 Å². The molecule has 0 spiro atoms. The Labute approximate surface area is 237 Å². The van der Waals surface area contributed by atoms with Crippen LogP contribution in [0.15, 0.2) is 51.0 Å². The van der Waals surface area contributed by atoms with E-state index >= 15 is 0 Å². The van der Waals surface area contributed by atoms with Crippen LogP contribution >= 0.6 is 7.81 Å². The van der Waals surface area contributed by atoms with Crippen LogP contribution in [0, 0.1) is 10.8 Å². The molecule has 0 amide bonds. The third kappa shape index (κ3) is 14.7. The number of hydrogen-bond acceptors (Lipinski definition) is 0. The first-order valence-electron chi connectivity index (χ1n) is 12.4. The monoisotopic (exact) mass is 696 g/mol. The zero-order chi connectivity index (χ0) is 30.2. The molecule has 2 rings (SSSR count). The normalized spacial score (nSPS) is 17.7. The first-order valence-corrected chi connectivity index (χ1v) is 17.8. The Kier molecular flexibility index (Phi) is 9.91. The third-order valence-corrected chi connectivity index (χ3v) is 13.1. The van der Waals surface area contributed by atoms with Gasteiger partial charge in [0.15, 0.2) is 0 Å². The SMILES string of the molecule is CC(C)(C)C1=CC(=CC=Cc2cc(C(C)(C)C)[se+]c(C(C)(C)C)c2)C=C(C(C)(C)C)[Se]1.F[P-](F)(F)(F)(F)F. The maximum atomic E-state index is 9.87. The van der Waals surface area contributed by atoms with E-state index in [2.05, 4.69) is 126 Å². The summed E-state index contributed by atoms with van der Waals surface area (Å²) >= 11 is 0.874. The van der Waals surface area contributed by atoms with Crippen molar-refractivity contribution >= 4 is 43.3 Å². The van der Waals surface area contributed by atoms with Crippen molar-refractivity contribution in [2.45, 2.75) is 93.9 Å². The molecule has 1 aromatic rings. The minimum absolute atomic E-state index is 0.225. The van der Waals surface area contributed by atoms with Gasteiger partial charge in [-0.1, -0.05) is 0 Å². The zero-order valence-electron chi connectivity index (χ0n) is 24.6. The second kappa shape index (κ2) is 10.6. The third-order valence-electron chi connectivity index (χ3n) is 5.17. The summed E-state index contributed by atoms with van der Waals surface area (Å²) in [6, 6.07) is 4.86. The van der Waals surface area contributed by atoms with Gasteiger partial charge in [0.05, 0.1) is 0 Å². The molecule has 9 heteroatoms. The molecule has 0 N–H and O–H groups in total. The fourth-order valence-corrected chi connectivity index (χ4v) is 8.19. The molecular formula is C29H43F6PSe2. The standard InChI is InChI=1S/C29H43Se2.F6P/c1-26(2,3)22-16-20(17-23(30-22)27(4,5)6)14-13-15-21-18-24(28(7,8)9)31-25(19-21)29(10,11)12;1-7(2,3,4,5)6/h13-19H,1-12H3;/q+1;-1. The Morgan fingerprint density at radius 2 is 0.974 bits per heavy atom. The molecule has 0 saturated heterocycles. The van der Waals surface area contributed by atoms with Crippen molar-refractivity contribution in [3.8, 4) is 0 Å². The Morgan fingerprint density at radius 1 is 0.632 bits per heavy atom. The summed E-state index contributed by atoms with van der Waals surface area (Å²) in [6.45, 7) is 28.1. The van der Waals surface area contributed by atoms with Crippen molar-refractivity contribution in [3.05, 3.63) is 65.4 Å². The minimum atomic E-state index is -10.7. The average molecular weight is 695 g/mol. The van der Waals surface area contributed by atoms with E-state index in [1.807, 2.05) is 0 Å². The molecule has 0 radical (unpaired) electrons. The van der Waals surface area contributed by atoms with Crippen molar-refractivity contribution in [1.82, 2.24) is 0 Å². The van der Waals surface area contributed by atoms with Crippen molar-refractivity contribution in [2.75, 3.05) is 0 Å². The number of hydrogen-bond donors (Lipinski definition) is 0. The molecule has 0 saturated carbocycles. The van der Waals surface area contributed by atoms with Gasteiger partial charge in [-0.05, 0) is 0 Å². The number of allylic oxidation sites excluding steroid dienone is 7. The molecular weight excluding hydrogens is 651 g/mol. The van der Waals surface area contributed by atoms with E-state index in [1.54, 1.807) is 17.8 Å². The first-order chi connectivity index (χ1) is 16.3. The summed E-state index contributed by atoms with van der Waals surface area (Å²) in [5, 5.41) is 0. The fraction of sp³-hybridized carbons (Fsp3) is 0.552. The predicted molar refractivity (Wildman–Crippen MR) is 157 cm³/mol. The molecule has 0 fully saturated rings. The van der Waals surface area contributed by atoms with Gasteiger partial charge in [-0.15, -0.1) is 0 Å². The van der Waals surface area contributed by atoms with Crippen LogP contribution in [0.5, 0.6) is 0 Å². The van der Waals surface area contributed by atoms with E-state index in [0.29, 0.717) is 29.5 Å². The molecule has 0 nitrogen and oxygen atoms in total. The van der Waals surface area contributed by atoms with Gasteiger partial charge in [-0.25, -0.2) is 0 Å². The molecule has 1 aliphatic heterocycles. The van der Waals surface area contributed by atoms with Crippen molar-refractivity contribution < 1.29 is 25.2 Å². The first kappa shape index (κ1) is 35.4. The van der Waals surface area contributed by atoms with Gasteiger partial charge in [0.1, 0.15) is 0 Å². The molecule has 0 aliphatic carbocycles. The molecule has 38 heavy (non-hydrogen) atoms. The fourth-order valence-electron chi connectivity index (χ4n) is 2.98. The molecule has 0 aromatic carbocycles. The molecule has 0 unspecified atom stereocenters. The Balaban J connectivity index is 0.000000905. The average Bonchev–Trinajstić information content (AvgIpc) is 2.62. The van der Waals surface area contributed by atoms with Gasteiger partial charge in [0.2, 0.25) is 0 Å². The summed E-state index contributed by atoms with van der Waals surface area (Å²) in [7, 11) is -10.7. The van der Waals surface area contributed by atoms with Crippen molar-refractivity contribution in [1.29, 1.82) is 0 Å². The van der Waals surface area contributed by atoms with Crippen LogP contribution in [0.1, 0.15) is 97.5 Å². The van der Waals surface area contributed by atoms with E-state index in [9.17, 15) is 25.2 Å². The summed E-state index contributed by atoms with van der Waals surface area (Å²) in [4.78, 5) is 0. The summed E-state index contributed by atoms with van der Waals surface area (Å²) in [5.74, 6) is 0. The van der Waals surface area contributed by atoms with E-state index in [0.717, 1.165) is 0 Å². The van der Waals surface area contributed by atoms with Crippen molar-refractivity contribution in [3.63, 3.8) is 0 Å². The van der Waals surface area contributed by atoms with Crippen LogP contribution in [0.2, 0.25) is 0 Å². The van der Waals surface area contributed by atoms with Crippen molar-refractivity contribution in [2.24, 2.45) is 10.8 Å². The summed E-state index contributed by atoms with van der Waals surface area (Å²) < 4.78 is 65.5. The van der Waals surface area contributed by atoms with E-state index in [4.69, 9.17) is 0 Å². The van der Waals surface area contributed by atoms with Gasteiger partial charge in [-0.3, -0.25) is 0 Å². The zero-order valence-corrected chi connectivity index (χ0v) is 28.9. The molecule has 2 heterocycles. The van der Waals surface area contributed by atoms with Crippen LogP contribution < -0.4 is 0 Å². The van der Waals surface area contributed by atoms with Gasteiger partial charge in [-0.2, -0.15) is 0 Å². The Morgan fingerprint density at radius 3 is 1.26 bits per heavy atom. The quantitative estimate of drug-likeness (QED) is 0.164. The van der Waals surface area contributed by atoms with E-state index in [1.165, 1.54) is 11.1 Å². The number of halogens is 6. The second-order valence-electron chi connectivity index (χ2n) is 13.7. The van der Waals surface area contributed by atoms with Gasteiger partial charge < -0.3 is 0 Å². The summed E-state index contributed by atoms with van der Waals surface area (Å²) in [6.07, 6.45) is 11.7. The van der Waals surface area contributed by atoms with E-state index in [-0.39, 0.29) is 21.7 Å². The van der Waals surface area contributed by atoms with Crippen LogP contribution in [0.25, 0.3) is 6.08 Å². The molecule has 1 aliphatic rings. The number of rotatable bonds is 2. The second-order valence-corrected chi connectivity index (χ2v) is 20.2. The Hall–Kier alpha value is -0.641. The maximum absolute atomic E-state index is 10.7. The predicted octanol–water partition coefficient (Wildman–Crippen LogP) is 11.5. The van der Waals surface area contributed by atoms with Crippen LogP contribution in [-0.2, 0) is 10.8 Å². The van der Waals surface area contributed by atoms with Gasteiger partial charge in [0, 0.05) is 0 Å². The Bertz CT molecular complexity index is 1070. The molecule has 218 valence electrons. The summed E-state index contributed by atoms with van der Waals surface area (Å²) in [5.41, 5.74) is 3.57. The molecule has 1 aromatic heterocycles. The topological polar surface area (TPSA) is 0 Å². The van der Waals surface area contributed by atoms with Gasteiger partial charge in [0.25, 0.3) is 0 Å². The van der Waals surface area contributed by atoms with E-state index < -0.39 is 7.81 Å². The molecule has 0 bridgehead atoms. The van der Waals surface area contributed by atoms with Gasteiger partial charge >= 0.3 is 239 Å².